The van der Waals surface area contributed by atoms with E-state index in [1.165, 1.54) is 26.4 Å². The minimum atomic E-state index is -4.46. The lowest BCUT2D eigenvalue weighted by molar-refractivity contribution is -0.154. The van der Waals surface area contributed by atoms with Gasteiger partial charge in [0.25, 0.3) is 5.91 Å². The quantitative estimate of drug-likeness (QED) is 0.791. The summed E-state index contributed by atoms with van der Waals surface area (Å²) in [5, 5.41) is 2.78. The van der Waals surface area contributed by atoms with E-state index in [-0.39, 0.29) is 11.4 Å². The number of hydrogen-bond donors (Lipinski definition) is 1. The van der Waals surface area contributed by atoms with E-state index < -0.39 is 24.7 Å². The Morgan fingerprint density at radius 1 is 1.19 bits per heavy atom. The topological polar surface area (TPSA) is 69.7 Å². The number of methoxy groups -OCH3 is 2. The van der Waals surface area contributed by atoms with Gasteiger partial charge < -0.3 is 19.5 Å². The average Bonchev–Trinajstić information content (AvgIpc) is 2.65. The van der Waals surface area contributed by atoms with Crippen LogP contribution < -0.4 is 19.5 Å². The summed E-state index contributed by atoms with van der Waals surface area (Å²) in [6, 6.07) is 7.34. The third kappa shape index (κ3) is 5.77. The average molecular weight is 384 g/mol. The Morgan fingerprint density at radius 2 is 1.93 bits per heavy atom. The van der Waals surface area contributed by atoms with Crippen molar-refractivity contribution < 1.29 is 32.2 Å². The van der Waals surface area contributed by atoms with Crippen molar-refractivity contribution in [3.8, 4) is 17.4 Å². The van der Waals surface area contributed by atoms with E-state index in [9.17, 15) is 18.0 Å². The molecule has 2 aromatic rings. The Morgan fingerprint density at radius 3 is 2.48 bits per heavy atom. The Kier molecular flexibility index (Phi) is 6.49. The fraction of sp³-hybridized carbons (Fsp3) is 0.333. The molecule has 0 aliphatic heterocycles. The molecule has 0 aliphatic carbocycles. The number of alkyl halides is 3. The second-order valence-corrected chi connectivity index (χ2v) is 5.59. The predicted molar refractivity (Wildman–Crippen MR) is 91.2 cm³/mol. The van der Waals surface area contributed by atoms with Crippen molar-refractivity contribution in [1.82, 2.24) is 10.3 Å². The van der Waals surface area contributed by atoms with Crippen LogP contribution >= 0.6 is 0 Å². The summed E-state index contributed by atoms with van der Waals surface area (Å²) in [5.74, 6) is 0.533. The summed E-state index contributed by atoms with van der Waals surface area (Å²) >= 11 is 0. The molecule has 0 saturated carbocycles. The van der Waals surface area contributed by atoms with Crippen LogP contribution in [0.1, 0.15) is 28.9 Å². The molecule has 6 nitrogen and oxygen atoms in total. The lowest BCUT2D eigenvalue weighted by Crippen LogP contribution is -2.27. The fourth-order valence-corrected chi connectivity index (χ4v) is 2.29. The van der Waals surface area contributed by atoms with Crippen molar-refractivity contribution in [2.24, 2.45) is 0 Å². The maximum Gasteiger partial charge on any atom is 0.422 e. The van der Waals surface area contributed by atoms with Crippen molar-refractivity contribution in [3.63, 3.8) is 0 Å². The molecular formula is C18H19F3N2O4. The maximum atomic E-state index is 12.4. The van der Waals surface area contributed by atoms with Crippen LogP contribution in [0.25, 0.3) is 0 Å². The summed E-state index contributed by atoms with van der Waals surface area (Å²) in [5.41, 5.74) is 0.895. The lowest BCUT2D eigenvalue weighted by atomic mass is 10.1. The molecule has 27 heavy (non-hydrogen) atoms. The summed E-state index contributed by atoms with van der Waals surface area (Å²) in [6.45, 7) is 0.321. The molecule has 1 heterocycles. The highest BCUT2D eigenvalue weighted by Gasteiger charge is 2.28. The summed E-state index contributed by atoms with van der Waals surface area (Å²) < 4.78 is 51.4. The molecule has 0 bridgehead atoms. The van der Waals surface area contributed by atoms with E-state index in [1.807, 2.05) is 0 Å². The normalized spacial score (nSPS) is 12.2. The van der Waals surface area contributed by atoms with Crippen LogP contribution in [-0.2, 0) is 0 Å². The van der Waals surface area contributed by atoms with E-state index >= 15 is 0 Å². The van der Waals surface area contributed by atoms with Gasteiger partial charge in [0, 0.05) is 17.8 Å². The third-order valence-electron chi connectivity index (χ3n) is 3.63. The van der Waals surface area contributed by atoms with Crippen LogP contribution in [0.4, 0.5) is 13.2 Å². The summed E-state index contributed by atoms with van der Waals surface area (Å²) in [4.78, 5) is 16.1. The minimum absolute atomic E-state index is 0.183. The van der Waals surface area contributed by atoms with E-state index in [2.05, 4.69) is 15.0 Å². The molecule has 146 valence electrons. The first-order valence-electron chi connectivity index (χ1n) is 7.92. The molecule has 1 unspecified atom stereocenters. The van der Waals surface area contributed by atoms with Crippen molar-refractivity contribution in [2.45, 2.75) is 19.1 Å². The molecule has 0 aliphatic rings. The molecule has 1 amide bonds. The number of carbonyl (C=O) groups is 1. The predicted octanol–water partition coefficient (Wildman–Crippen LogP) is 3.53. The molecule has 0 spiro atoms. The van der Waals surface area contributed by atoms with E-state index in [0.717, 1.165) is 6.20 Å². The number of hydrogen-bond acceptors (Lipinski definition) is 5. The number of nitrogens with one attached hydrogen (secondary N) is 1. The first kappa shape index (κ1) is 20.3. The number of nitrogens with zero attached hydrogens (tertiary/aromatic N) is 1. The monoisotopic (exact) mass is 384 g/mol. The van der Waals surface area contributed by atoms with Gasteiger partial charge in [-0.3, -0.25) is 4.79 Å². The second kappa shape index (κ2) is 8.61. The second-order valence-electron chi connectivity index (χ2n) is 5.59. The zero-order valence-electron chi connectivity index (χ0n) is 15.0. The zero-order valence-corrected chi connectivity index (χ0v) is 15.0. The van der Waals surface area contributed by atoms with Gasteiger partial charge in [0.2, 0.25) is 5.88 Å². The SMILES string of the molecule is COc1ccc(OC)c(C(C)NC(=O)c2ccc(OCC(F)(F)F)nc2)c1. The molecule has 1 aromatic heterocycles. The number of ether oxygens (including phenoxy) is 3. The first-order chi connectivity index (χ1) is 12.7. The van der Waals surface area contributed by atoms with E-state index in [0.29, 0.717) is 17.1 Å². The van der Waals surface area contributed by atoms with Gasteiger partial charge >= 0.3 is 6.18 Å². The number of benzene rings is 1. The van der Waals surface area contributed by atoms with Gasteiger partial charge in [-0.2, -0.15) is 13.2 Å². The molecular weight excluding hydrogens is 365 g/mol. The third-order valence-corrected chi connectivity index (χ3v) is 3.63. The molecule has 0 fully saturated rings. The Labute approximate surface area is 154 Å². The smallest absolute Gasteiger partial charge is 0.422 e. The molecule has 0 radical (unpaired) electrons. The molecule has 1 atom stereocenters. The van der Waals surface area contributed by atoms with Gasteiger partial charge in [-0.25, -0.2) is 4.98 Å². The largest absolute Gasteiger partial charge is 0.497 e. The highest BCUT2D eigenvalue weighted by atomic mass is 19.4. The molecule has 2 rings (SSSR count). The van der Waals surface area contributed by atoms with Crippen LogP contribution in [0, 0.1) is 0 Å². The van der Waals surface area contributed by atoms with Gasteiger partial charge in [0.05, 0.1) is 25.8 Å². The lowest BCUT2D eigenvalue weighted by Gasteiger charge is -2.18. The van der Waals surface area contributed by atoms with Gasteiger partial charge in [0.15, 0.2) is 6.61 Å². The van der Waals surface area contributed by atoms with Crippen LogP contribution in [-0.4, -0.2) is 37.9 Å². The number of halogens is 3. The van der Waals surface area contributed by atoms with Crippen molar-refractivity contribution >= 4 is 5.91 Å². The summed E-state index contributed by atoms with van der Waals surface area (Å²) in [6.07, 6.45) is -3.31. The van der Waals surface area contributed by atoms with Gasteiger partial charge in [-0.15, -0.1) is 0 Å². The van der Waals surface area contributed by atoms with Crippen LogP contribution in [0.3, 0.4) is 0 Å². The number of amides is 1. The van der Waals surface area contributed by atoms with Crippen LogP contribution in [0.15, 0.2) is 36.5 Å². The highest BCUT2D eigenvalue weighted by Crippen LogP contribution is 2.29. The fourth-order valence-electron chi connectivity index (χ4n) is 2.29. The van der Waals surface area contributed by atoms with Gasteiger partial charge in [-0.1, -0.05) is 0 Å². The number of aromatic nitrogens is 1. The van der Waals surface area contributed by atoms with E-state index in [1.54, 1.807) is 25.1 Å². The molecule has 9 heteroatoms. The Bertz CT molecular complexity index is 779. The Balaban J connectivity index is 2.06. The number of rotatable bonds is 7. The minimum Gasteiger partial charge on any atom is -0.497 e. The van der Waals surface area contributed by atoms with Crippen molar-refractivity contribution in [2.75, 3.05) is 20.8 Å². The highest BCUT2D eigenvalue weighted by molar-refractivity contribution is 5.94. The molecule has 1 N–H and O–H groups in total. The number of pyridine rings is 1. The molecule has 0 saturated heterocycles. The Hall–Kier alpha value is -2.97. The van der Waals surface area contributed by atoms with Crippen molar-refractivity contribution in [1.29, 1.82) is 0 Å². The number of carbonyl (C=O) groups excluding carboxylic acids is 1. The zero-order chi connectivity index (χ0) is 20.0. The van der Waals surface area contributed by atoms with Crippen molar-refractivity contribution in [3.05, 3.63) is 47.7 Å². The van der Waals surface area contributed by atoms with Gasteiger partial charge in [-0.05, 0) is 31.2 Å². The standard InChI is InChI=1S/C18H19F3N2O4/c1-11(14-8-13(25-2)5-6-15(14)26-3)23-17(24)12-4-7-16(22-9-12)27-10-18(19,20)21/h4-9,11H,10H2,1-3H3,(H,23,24). The van der Waals surface area contributed by atoms with Crippen LogP contribution in [0.2, 0.25) is 0 Å². The maximum absolute atomic E-state index is 12.4. The molecule has 1 aromatic carbocycles. The van der Waals surface area contributed by atoms with Gasteiger partial charge in [0.1, 0.15) is 11.5 Å². The van der Waals surface area contributed by atoms with Crippen LogP contribution in [0.5, 0.6) is 17.4 Å². The van der Waals surface area contributed by atoms with E-state index in [4.69, 9.17) is 9.47 Å². The first-order valence-corrected chi connectivity index (χ1v) is 7.92. The summed E-state index contributed by atoms with van der Waals surface area (Å²) in [7, 11) is 3.05.